The van der Waals surface area contributed by atoms with Gasteiger partial charge in [0.2, 0.25) is 41.4 Å². The summed E-state index contributed by atoms with van der Waals surface area (Å²) in [6, 6.07) is -8.05. The first-order valence-corrected chi connectivity index (χ1v) is 15.6. The van der Waals surface area contributed by atoms with Crippen molar-refractivity contribution in [1.29, 1.82) is 0 Å². The molecule has 7 amide bonds. The molecule has 0 spiro atoms. The van der Waals surface area contributed by atoms with E-state index in [2.05, 4.69) is 16.0 Å². The summed E-state index contributed by atoms with van der Waals surface area (Å²) in [7, 11) is 0. The molecule has 0 aliphatic carbocycles. The number of aliphatic hydroxyl groups is 1. The molecule has 0 aliphatic rings. The molecule has 0 fully saturated rings. The van der Waals surface area contributed by atoms with Crippen molar-refractivity contribution in [2.75, 3.05) is 26.2 Å². The van der Waals surface area contributed by atoms with Crippen LogP contribution in [0.15, 0.2) is 0 Å². The molecule has 0 rings (SSSR count). The fraction of sp³-hybridized carbons (Fsp3) is 0.679. The predicted octanol–water partition coefficient (Wildman–Crippen LogP) is -4.14. The van der Waals surface area contributed by atoms with Crippen LogP contribution in [-0.4, -0.2) is 156 Å². The highest BCUT2D eigenvalue weighted by atomic mass is 16.5. The van der Waals surface area contributed by atoms with Gasteiger partial charge in [-0.15, -0.1) is 0 Å². The highest BCUT2D eigenvalue weighted by molar-refractivity contribution is 5.95. The zero-order chi connectivity index (χ0) is 39.4. The number of nitrogens with one attached hydrogen (secondary N) is 4. The monoisotopic (exact) mass is 736 g/mol. The number of carbonyl (C=O) groups is 9. The van der Waals surface area contributed by atoms with Gasteiger partial charge in [-0.1, -0.05) is 0 Å². The lowest BCUT2D eigenvalue weighted by Crippen LogP contribution is -2.59. The Bertz CT molecular complexity index is 1250. The average Bonchev–Trinajstić information content (AvgIpc) is 3.04. The van der Waals surface area contributed by atoms with E-state index in [-0.39, 0.29) is 58.2 Å². The van der Waals surface area contributed by atoms with Crippen LogP contribution in [0.4, 0.5) is 0 Å². The zero-order valence-electron chi connectivity index (χ0n) is 28.4. The third-order valence-electron chi connectivity index (χ3n) is 7.11. The number of carbonyl (C=O) groups excluding carboxylic acids is 7. The summed E-state index contributed by atoms with van der Waals surface area (Å²) in [5, 5.41) is 66.6. The van der Waals surface area contributed by atoms with Gasteiger partial charge in [0.05, 0.1) is 19.1 Å². The Kier molecular flexibility index (Phi) is 21.2. The van der Waals surface area contributed by atoms with Crippen LogP contribution in [0.3, 0.4) is 0 Å². The van der Waals surface area contributed by atoms with Crippen LogP contribution in [0.5, 0.6) is 0 Å². The maximum Gasteiger partial charge on any atom is 0.326 e. The lowest BCUT2D eigenvalue weighted by atomic mass is 10.1. The summed E-state index contributed by atoms with van der Waals surface area (Å²) in [4.78, 5) is 109. The molecule has 0 aromatic heterocycles. The quantitative estimate of drug-likeness (QED) is 0.0331. The number of rotatable bonds is 24. The second kappa shape index (κ2) is 23.4. The number of carboxylic acids is 2. The van der Waals surface area contributed by atoms with Crippen molar-refractivity contribution >= 4 is 53.3 Å². The number of nitrogens with zero attached hydrogens (tertiary/aromatic N) is 3. The van der Waals surface area contributed by atoms with E-state index in [1.165, 1.54) is 0 Å². The summed E-state index contributed by atoms with van der Waals surface area (Å²) in [5.41, 5.74) is 5.92. The van der Waals surface area contributed by atoms with Crippen molar-refractivity contribution < 1.29 is 74.1 Å². The van der Waals surface area contributed by atoms with Gasteiger partial charge in [0, 0.05) is 40.4 Å². The second-order valence-corrected chi connectivity index (χ2v) is 11.3. The maximum absolute atomic E-state index is 13.5. The first-order chi connectivity index (χ1) is 23.7. The molecule has 5 atom stereocenters. The van der Waals surface area contributed by atoms with Crippen LogP contribution < -0.4 is 27.0 Å². The first-order valence-electron chi connectivity index (χ1n) is 15.6. The topological polar surface area (TPSA) is 359 Å². The fourth-order valence-corrected chi connectivity index (χ4v) is 4.16. The maximum atomic E-state index is 13.5. The van der Waals surface area contributed by atoms with E-state index in [1.807, 2.05) is 5.32 Å². The van der Waals surface area contributed by atoms with E-state index in [1.54, 1.807) is 0 Å². The van der Waals surface area contributed by atoms with Gasteiger partial charge >= 0.3 is 11.9 Å². The normalized spacial score (nSPS) is 13.6. The molecule has 0 bridgehead atoms. The molecule has 51 heavy (non-hydrogen) atoms. The van der Waals surface area contributed by atoms with Crippen molar-refractivity contribution in [2.24, 2.45) is 5.73 Å². The first kappa shape index (κ1) is 46.0. The van der Waals surface area contributed by atoms with Gasteiger partial charge in [-0.25, -0.2) is 20.0 Å². The Morgan fingerprint density at radius 2 is 0.882 bits per heavy atom. The third kappa shape index (κ3) is 18.6. The van der Waals surface area contributed by atoms with Crippen LogP contribution in [-0.2, 0) is 43.2 Å². The third-order valence-corrected chi connectivity index (χ3v) is 7.11. The molecule has 0 heterocycles. The number of aliphatic hydroxyl groups excluding tert-OH is 1. The van der Waals surface area contributed by atoms with Gasteiger partial charge < -0.3 is 42.3 Å². The lowest BCUT2D eigenvalue weighted by Gasteiger charge is -2.26. The molecule has 0 aliphatic heterocycles. The molecule has 290 valence electrons. The number of hydroxylamine groups is 6. The van der Waals surface area contributed by atoms with Crippen LogP contribution in [0, 0.1) is 0 Å². The van der Waals surface area contributed by atoms with Crippen molar-refractivity contribution in [3.05, 3.63) is 0 Å². The molecule has 0 aromatic rings. The molecule has 23 heteroatoms. The van der Waals surface area contributed by atoms with Gasteiger partial charge in [-0.2, -0.15) is 0 Å². The SMILES string of the molecule is CC(=O)N(O)CCC[C@H](NC(=O)[C@H](CCCN(O)C(C)=O)NC(=O)[C@@H](N)CCCN(O)C(C)=O)C(=O)N[C@H](CO)C(=O)N[C@H](CC(=O)O)C(=O)O. The summed E-state index contributed by atoms with van der Waals surface area (Å²) in [6.45, 7) is 1.39. The van der Waals surface area contributed by atoms with Gasteiger partial charge in [-0.05, 0) is 38.5 Å². The Morgan fingerprint density at radius 3 is 1.24 bits per heavy atom. The van der Waals surface area contributed by atoms with Gasteiger partial charge in [0.1, 0.15) is 24.2 Å². The predicted molar refractivity (Wildman–Crippen MR) is 168 cm³/mol. The van der Waals surface area contributed by atoms with Crippen molar-refractivity contribution in [2.45, 2.75) is 95.9 Å². The Balaban J connectivity index is 6.10. The van der Waals surface area contributed by atoms with Crippen molar-refractivity contribution in [3.63, 3.8) is 0 Å². The molecular weight excluding hydrogens is 688 g/mol. The average molecular weight is 737 g/mol. The molecule has 0 radical (unpaired) electrons. The minimum Gasteiger partial charge on any atom is -0.481 e. The minimum absolute atomic E-state index is 0.0437. The van der Waals surface area contributed by atoms with E-state index in [0.717, 1.165) is 20.8 Å². The Hall–Kier alpha value is -4.97. The molecule has 12 N–H and O–H groups in total. The van der Waals surface area contributed by atoms with E-state index in [4.69, 9.17) is 10.8 Å². The van der Waals surface area contributed by atoms with Gasteiger partial charge in [0.15, 0.2) is 0 Å². The number of aliphatic carboxylic acids is 2. The van der Waals surface area contributed by atoms with Crippen molar-refractivity contribution in [1.82, 2.24) is 36.5 Å². The zero-order valence-corrected chi connectivity index (χ0v) is 28.4. The van der Waals surface area contributed by atoms with Gasteiger partial charge in [-0.3, -0.25) is 54.0 Å². The fourth-order valence-electron chi connectivity index (χ4n) is 4.16. The van der Waals surface area contributed by atoms with Crippen LogP contribution in [0.1, 0.15) is 65.7 Å². The number of hydrogen-bond donors (Lipinski definition) is 11. The number of hydrogen-bond acceptors (Lipinski definition) is 14. The van der Waals surface area contributed by atoms with Gasteiger partial charge in [0.25, 0.3) is 0 Å². The largest absolute Gasteiger partial charge is 0.481 e. The van der Waals surface area contributed by atoms with E-state index < -0.39 is 96.5 Å². The Morgan fingerprint density at radius 1 is 0.549 bits per heavy atom. The molecule has 0 saturated heterocycles. The Labute approximate surface area is 291 Å². The smallest absolute Gasteiger partial charge is 0.326 e. The van der Waals surface area contributed by atoms with Crippen LogP contribution in [0.25, 0.3) is 0 Å². The van der Waals surface area contributed by atoms with Crippen LogP contribution >= 0.6 is 0 Å². The minimum atomic E-state index is -1.93. The highest BCUT2D eigenvalue weighted by Gasteiger charge is 2.32. The molecule has 0 unspecified atom stereocenters. The molecule has 23 nitrogen and oxygen atoms in total. The highest BCUT2D eigenvalue weighted by Crippen LogP contribution is 2.07. The molecule has 0 aromatic carbocycles. The lowest BCUT2D eigenvalue weighted by molar-refractivity contribution is -0.163. The second-order valence-electron chi connectivity index (χ2n) is 11.3. The summed E-state index contributed by atoms with van der Waals surface area (Å²) >= 11 is 0. The summed E-state index contributed by atoms with van der Waals surface area (Å²) in [6.07, 6.45) is -1.73. The molecule has 0 saturated carbocycles. The van der Waals surface area contributed by atoms with Crippen molar-refractivity contribution in [3.8, 4) is 0 Å². The summed E-state index contributed by atoms with van der Waals surface area (Å²) in [5.74, 6) is -9.68. The van der Waals surface area contributed by atoms with E-state index >= 15 is 0 Å². The number of carboxylic acid groups (broad SMARTS) is 2. The number of nitrogens with two attached hydrogens (primary N) is 1. The molecular formula is C28H48N8O15. The number of amides is 7. The van der Waals surface area contributed by atoms with E-state index in [0.29, 0.717) is 15.2 Å². The standard InChI is InChI=1S/C28H48N8O15/c1-15(38)34(49)10-4-7-18(29)24(43)30-19(8-5-11-35(50)16(2)39)25(44)31-20(9-6-12-36(51)17(3)40)26(45)33-22(14-37)27(46)32-21(28(47)48)13-23(41)42/h18-22,37,49-51H,4-14,29H2,1-3H3,(H,30,43)(H,31,44)(H,32,46)(H,33,45)(H,41,42)(H,47,48)/t18-,19-,20-,21+,22+/m0/s1. The van der Waals surface area contributed by atoms with Crippen LogP contribution in [0.2, 0.25) is 0 Å². The van der Waals surface area contributed by atoms with E-state index in [9.17, 15) is 69.0 Å². The summed E-state index contributed by atoms with van der Waals surface area (Å²) < 4.78 is 0.